The van der Waals surface area contributed by atoms with Crippen molar-refractivity contribution in [2.75, 3.05) is 20.8 Å². The molecule has 2 N–H and O–H groups in total. The lowest BCUT2D eigenvalue weighted by molar-refractivity contribution is -0.116. The predicted molar refractivity (Wildman–Crippen MR) is 87.1 cm³/mol. The maximum absolute atomic E-state index is 11.9. The van der Waals surface area contributed by atoms with Gasteiger partial charge in [-0.1, -0.05) is 0 Å². The molecular formula is C17H24N2O3. The van der Waals surface area contributed by atoms with Crippen molar-refractivity contribution in [3.05, 3.63) is 29.3 Å². The van der Waals surface area contributed by atoms with Crippen LogP contribution >= 0.6 is 0 Å². The number of ether oxygens (including phenoxy) is 2. The second kappa shape index (κ2) is 6.30. The summed E-state index contributed by atoms with van der Waals surface area (Å²) < 4.78 is 10.8. The van der Waals surface area contributed by atoms with E-state index in [-0.39, 0.29) is 11.4 Å². The molecule has 5 nitrogen and oxygen atoms in total. The summed E-state index contributed by atoms with van der Waals surface area (Å²) in [6.07, 6.45) is 2.45. The fraction of sp³-hybridized carbons (Fsp3) is 0.471. The zero-order valence-corrected chi connectivity index (χ0v) is 13.9. The summed E-state index contributed by atoms with van der Waals surface area (Å²) in [5, 5.41) is 6.22. The van der Waals surface area contributed by atoms with Crippen molar-refractivity contribution in [1.29, 1.82) is 0 Å². The van der Waals surface area contributed by atoms with Gasteiger partial charge in [0.05, 0.1) is 14.2 Å². The molecule has 1 amide bonds. The number of methoxy groups -OCH3 is 2. The quantitative estimate of drug-likeness (QED) is 0.837. The van der Waals surface area contributed by atoms with Gasteiger partial charge in [-0.3, -0.25) is 4.79 Å². The zero-order valence-electron chi connectivity index (χ0n) is 13.9. The first-order valence-corrected chi connectivity index (χ1v) is 7.43. The molecule has 0 saturated heterocycles. The molecule has 5 heteroatoms. The van der Waals surface area contributed by atoms with Gasteiger partial charge in [-0.25, -0.2) is 0 Å². The number of likely N-dealkylation sites (N-methyl/N-ethyl adjacent to an activating group) is 1. The number of benzene rings is 1. The van der Waals surface area contributed by atoms with Gasteiger partial charge in [-0.15, -0.1) is 0 Å². The predicted octanol–water partition coefficient (Wildman–Crippen LogP) is 2.11. The summed E-state index contributed by atoms with van der Waals surface area (Å²) in [6.45, 7) is 6.72. The molecule has 1 aliphatic rings. The van der Waals surface area contributed by atoms with Crippen LogP contribution in [0.5, 0.6) is 11.5 Å². The minimum absolute atomic E-state index is 0.108. The van der Waals surface area contributed by atoms with Crippen molar-refractivity contribution in [2.24, 2.45) is 0 Å². The Morgan fingerprint density at radius 2 is 1.95 bits per heavy atom. The molecule has 1 aromatic carbocycles. The van der Waals surface area contributed by atoms with Crippen molar-refractivity contribution in [1.82, 2.24) is 10.6 Å². The van der Waals surface area contributed by atoms with Crippen LogP contribution in [0.2, 0.25) is 0 Å². The normalized spacial score (nSPS) is 17.4. The minimum Gasteiger partial charge on any atom is -0.493 e. The molecule has 0 radical (unpaired) electrons. The molecule has 0 atom stereocenters. The molecule has 0 unspecified atom stereocenters. The number of amides is 1. The Labute approximate surface area is 131 Å². The van der Waals surface area contributed by atoms with Crippen molar-refractivity contribution in [3.8, 4) is 11.5 Å². The highest BCUT2D eigenvalue weighted by molar-refractivity contribution is 5.95. The number of rotatable bonds is 4. The zero-order chi connectivity index (χ0) is 16.3. The van der Waals surface area contributed by atoms with Gasteiger partial charge in [-0.2, -0.15) is 0 Å². The monoisotopic (exact) mass is 304 g/mol. The maximum Gasteiger partial charge on any atom is 0.246 e. The van der Waals surface area contributed by atoms with Gasteiger partial charge in [0.15, 0.2) is 11.5 Å². The first-order chi connectivity index (χ1) is 10.4. The minimum atomic E-state index is -0.134. The van der Waals surface area contributed by atoms with Crippen LogP contribution in [-0.4, -0.2) is 32.2 Å². The van der Waals surface area contributed by atoms with Crippen molar-refractivity contribution in [2.45, 2.75) is 32.7 Å². The Balaban J connectivity index is 2.53. The van der Waals surface area contributed by atoms with Crippen LogP contribution in [0, 0.1) is 0 Å². The number of carbonyl (C=O) groups is 1. The standard InChI is InChI=1S/C17H24N2O3/c1-6-18-16(20)9-13-12-8-15(22-5)14(21-4)7-11(12)10-17(2,3)19-13/h7-9,19H,6,10H2,1-5H3,(H,18,20)/b13-9-. The van der Waals surface area contributed by atoms with Crippen LogP contribution in [0.3, 0.4) is 0 Å². The van der Waals surface area contributed by atoms with Gasteiger partial charge in [-0.05, 0) is 44.9 Å². The second-order valence-electron chi connectivity index (χ2n) is 6.00. The first-order valence-electron chi connectivity index (χ1n) is 7.43. The molecule has 22 heavy (non-hydrogen) atoms. The highest BCUT2D eigenvalue weighted by Crippen LogP contribution is 2.37. The second-order valence-corrected chi connectivity index (χ2v) is 6.00. The van der Waals surface area contributed by atoms with Gasteiger partial charge in [0, 0.05) is 29.4 Å². The topological polar surface area (TPSA) is 59.6 Å². The van der Waals surface area contributed by atoms with Crippen LogP contribution in [0.15, 0.2) is 18.2 Å². The third-order valence-electron chi connectivity index (χ3n) is 3.63. The largest absolute Gasteiger partial charge is 0.493 e. The number of nitrogens with one attached hydrogen (secondary N) is 2. The number of hydrogen-bond donors (Lipinski definition) is 2. The van der Waals surface area contributed by atoms with E-state index in [2.05, 4.69) is 24.5 Å². The third-order valence-corrected chi connectivity index (χ3v) is 3.63. The summed E-state index contributed by atoms with van der Waals surface area (Å²) in [4.78, 5) is 11.9. The molecule has 0 spiro atoms. The molecule has 1 aliphatic heterocycles. The molecule has 120 valence electrons. The molecule has 1 heterocycles. The van der Waals surface area contributed by atoms with E-state index in [1.54, 1.807) is 20.3 Å². The molecule has 0 fully saturated rings. The van der Waals surface area contributed by atoms with Gasteiger partial charge in [0.25, 0.3) is 0 Å². The molecule has 0 saturated carbocycles. The Morgan fingerprint density at radius 1 is 1.32 bits per heavy atom. The number of carbonyl (C=O) groups excluding carboxylic acids is 1. The highest BCUT2D eigenvalue weighted by Gasteiger charge is 2.29. The third kappa shape index (κ3) is 3.35. The van der Waals surface area contributed by atoms with E-state index in [0.29, 0.717) is 18.0 Å². The van der Waals surface area contributed by atoms with E-state index in [0.717, 1.165) is 23.2 Å². The Morgan fingerprint density at radius 3 is 2.55 bits per heavy atom. The number of fused-ring (bicyclic) bond motifs is 1. The fourth-order valence-electron chi connectivity index (χ4n) is 2.74. The molecule has 2 rings (SSSR count). The average molecular weight is 304 g/mol. The van der Waals surface area contributed by atoms with Gasteiger partial charge in [0.2, 0.25) is 5.91 Å². The van der Waals surface area contributed by atoms with E-state index in [1.165, 1.54) is 0 Å². The molecule has 0 aliphatic carbocycles. The van der Waals surface area contributed by atoms with Crippen molar-refractivity contribution in [3.63, 3.8) is 0 Å². The molecule has 0 bridgehead atoms. The average Bonchev–Trinajstić information content (AvgIpc) is 2.45. The summed E-state index contributed by atoms with van der Waals surface area (Å²) in [7, 11) is 3.24. The molecule has 0 aromatic heterocycles. The van der Waals surface area contributed by atoms with Gasteiger partial charge >= 0.3 is 0 Å². The molecule has 1 aromatic rings. The van der Waals surface area contributed by atoms with Gasteiger partial charge < -0.3 is 20.1 Å². The Bertz CT molecular complexity index is 606. The van der Waals surface area contributed by atoms with E-state index in [1.807, 2.05) is 19.1 Å². The van der Waals surface area contributed by atoms with E-state index in [9.17, 15) is 4.79 Å². The van der Waals surface area contributed by atoms with Crippen LogP contribution in [0.4, 0.5) is 0 Å². The first kappa shape index (κ1) is 16.2. The van der Waals surface area contributed by atoms with Crippen LogP contribution < -0.4 is 20.1 Å². The lowest BCUT2D eigenvalue weighted by atomic mass is 9.85. The summed E-state index contributed by atoms with van der Waals surface area (Å²) >= 11 is 0. The van der Waals surface area contributed by atoms with Crippen molar-refractivity contribution < 1.29 is 14.3 Å². The van der Waals surface area contributed by atoms with E-state index < -0.39 is 0 Å². The van der Waals surface area contributed by atoms with E-state index >= 15 is 0 Å². The number of hydrogen-bond acceptors (Lipinski definition) is 4. The highest BCUT2D eigenvalue weighted by atomic mass is 16.5. The fourth-order valence-corrected chi connectivity index (χ4v) is 2.74. The lowest BCUT2D eigenvalue weighted by Crippen LogP contribution is -2.44. The smallest absolute Gasteiger partial charge is 0.246 e. The van der Waals surface area contributed by atoms with E-state index in [4.69, 9.17) is 9.47 Å². The van der Waals surface area contributed by atoms with Crippen LogP contribution in [0.25, 0.3) is 5.70 Å². The SMILES string of the molecule is CCNC(=O)/C=C1\NC(C)(C)Cc2cc(OC)c(OC)cc21. The summed E-state index contributed by atoms with van der Waals surface area (Å²) in [5.41, 5.74) is 2.78. The lowest BCUT2D eigenvalue weighted by Gasteiger charge is -2.36. The van der Waals surface area contributed by atoms with Crippen LogP contribution in [0.1, 0.15) is 31.9 Å². The summed E-state index contributed by atoms with van der Waals surface area (Å²) in [6, 6.07) is 3.91. The maximum atomic E-state index is 11.9. The van der Waals surface area contributed by atoms with Gasteiger partial charge in [0.1, 0.15) is 0 Å². The molecular weight excluding hydrogens is 280 g/mol. The Hall–Kier alpha value is -2.17. The summed E-state index contributed by atoms with van der Waals surface area (Å²) in [5.74, 6) is 1.25. The van der Waals surface area contributed by atoms with Crippen LogP contribution in [-0.2, 0) is 11.2 Å². The van der Waals surface area contributed by atoms with Crippen molar-refractivity contribution >= 4 is 11.6 Å². The Kier molecular flexibility index (Phi) is 4.64.